The van der Waals surface area contributed by atoms with Crippen molar-refractivity contribution in [2.75, 3.05) is 23.7 Å². The molecule has 0 heterocycles. The lowest BCUT2D eigenvalue weighted by Crippen LogP contribution is -2.54. The van der Waals surface area contributed by atoms with E-state index in [2.05, 4.69) is 5.32 Å². The first-order valence-electron chi connectivity index (χ1n) is 13.6. The number of nitrogens with one attached hydrogen (secondary N) is 1. The van der Waals surface area contributed by atoms with Crippen LogP contribution in [-0.2, 0) is 26.2 Å². The fraction of sp³-hybridized carbons (Fsp3) is 0.355. The Morgan fingerprint density at radius 2 is 1.56 bits per heavy atom. The van der Waals surface area contributed by atoms with E-state index in [0.29, 0.717) is 28.0 Å². The molecule has 1 unspecified atom stereocenters. The summed E-state index contributed by atoms with van der Waals surface area (Å²) in [4.78, 5) is 29.6. The van der Waals surface area contributed by atoms with Crippen molar-refractivity contribution in [2.45, 2.75) is 62.5 Å². The fourth-order valence-corrected chi connectivity index (χ4v) is 6.53. The van der Waals surface area contributed by atoms with Gasteiger partial charge in [-0.1, -0.05) is 29.3 Å². The molecule has 3 rings (SSSR count). The number of ether oxygens (including phenoxy) is 1. The van der Waals surface area contributed by atoms with Crippen LogP contribution >= 0.6 is 35.0 Å². The minimum Gasteiger partial charge on any atom is -0.494 e. The molecule has 2 amide bonds. The van der Waals surface area contributed by atoms with E-state index in [1.165, 1.54) is 28.8 Å². The van der Waals surface area contributed by atoms with Crippen LogP contribution in [0.2, 0.25) is 10.0 Å². The Labute approximate surface area is 268 Å². The smallest absolute Gasteiger partial charge is 0.264 e. The second-order valence-corrected chi connectivity index (χ2v) is 14.3. The molecule has 1 atom stereocenters. The SMILES string of the molecule is CCOc1ccc(N(CC(=O)N(Cc2c(Cl)cccc2Cl)C(C)C(=O)NC(C)(C)C)S(=O)(=O)c2ccc(SC)cc2)cc1. The van der Waals surface area contributed by atoms with Gasteiger partial charge in [-0.2, -0.15) is 0 Å². The van der Waals surface area contributed by atoms with Gasteiger partial charge in [-0.3, -0.25) is 13.9 Å². The summed E-state index contributed by atoms with van der Waals surface area (Å²) in [6.45, 7) is 8.66. The predicted molar refractivity (Wildman–Crippen MR) is 175 cm³/mol. The molecule has 0 fully saturated rings. The van der Waals surface area contributed by atoms with Crippen LogP contribution in [0.25, 0.3) is 0 Å². The van der Waals surface area contributed by atoms with Gasteiger partial charge in [0.1, 0.15) is 18.3 Å². The van der Waals surface area contributed by atoms with Gasteiger partial charge in [-0.15, -0.1) is 11.8 Å². The maximum atomic E-state index is 14.1. The lowest BCUT2D eigenvalue weighted by Gasteiger charge is -2.34. The molecule has 3 aromatic rings. The predicted octanol–water partition coefficient (Wildman–Crippen LogP) is 6.64. The van der Waals surface area contributed by atoms with E-state index in [4.69, 9.17) is 27.9 Å². The zero-order valence-electron chi connectivity index (χ0n) is 25.1. The first kappa shape index (κ1) is 34.6. The lowest BCUT2D eigenvalue weighted by atomic mass is 10.1. The highest BCUT2D eigenvalue weighted by Crippen LogP contribution is 2.30. The number of carbonyl (C=O) groups excluding carboxylic acids is 2. The summed E-state index contributed by atoms with van der Waals surface area (Å²) in [6, 6.07) is 16.9. The number of halogens is 2. The van der Waals surface area contributed by atoms with E-state index in [9.17, 15) is 18.0 Å². The van der Waals surface area contributed by atoms with E-state index >= 15 is 0 Å². The van der Waals surface area contributed by atoms with Gasteiger partial charge in [0.05, 0.1) is 17.2 Å². The average molecular weight is 667 g/mol. The molecule has 43 heavy (non-hydrogen) atoms. The Kier molecular flexibility index (Phi) is 11.8. The molecule has 0 saturated heterocycles. The maximum Gasteiger partial charge on any atom is 0.264 e. The second kappa shape index (κ2) is 14.7. The van der Waals surface area contributed by atoms with Crippen molar-refractivity contribution in [1.82, 2.24) is 10.2 Å². The van der Waals surface area contributed by atoms with Crippen molar-refractivity contribution in [3.05, 3.63) is 82.3 Å². The molecule has 0 aliphatic heterocycles. The number of sulfonamides is 1. The molecular weight excluding hydrogens is 629 g/mol. The van der Waals surface area contributed by atoms with Gasteiger partial charge in [0.2, 0.25) is 11.8 Å². The number of rotatable bonds is 12. The normalized spacial score (nSPS) is 12.4. The summed E-state index contributed by atoms with van der Waals surface area (Å²) in [6.07, 6.45) is 1.89. The molecule has 1 N–H and O–H groups in total. The number of carbonyl (C=O) groups is 2. The highest BCUT2D eigenvalue weighted by Gasteiger charge is 2.34. The third-order valence-electron chi connectivity index (χ3n) is 6.42. The monoisotopic (exact) mass is 665 g/mol. The van der Waals surface area contributed by atoms with Crippen LogP contribution in [-0.4, -0.2) is 56.1 Å². The third-order valence-corrected chi connectivity index (χ3v) is 9.66. The average Bonchev–Trinajstić information content (AvgIpc) is 2.95. The minimum atomic E-state index is -4.21. The first-order chi connectivity index (χ1) is 20.2. The van der Waals surface area contributed by atoms with Crippen LogP contribution in [0.5, 0.6) is 5.75 Å². The Morgan fingerprint density at radius 3 is 2.07 bits per heavy atom. The first-order valence-corrected chi connectivity index (χ1v) is 17.0. The minimum absolute atomic E-state index is 0.0196. The van der Waals surface area contributed by atoms with Crippen molar-refractivity contribution >= 4 is 62.5 Å². The number of hydrogen-bond donors (Lipinski definition) is 1. The van der Waals surface area contributed by atoms with Crippen molar-refractivity contribution in [3.8, 4) is 5.75 Å². The topological polar surface area (TPSA) is 96.0 Å². The molecule has 3 aromatic carbocycles. The number of anilines is 1. The van der Waals surface area contributed by atoms with Crippen LogP contribution in [0.3, 0.4) is 0 Å². The Hall–Kier alpha value is -2.92. The highest BCUT2D eigenvalue weighted by atomic mass is 35.5. The van der Waals surface area contributed by atoms with Crippen LogP contribution in [0, 0.1) is 0 Å². The van der Waals surface area contributed by atoms with Gasteiger partial charge in [-0.05, 0) is 102 Å². The van der Waals surface area contributed by atoms with Crippen LogP contribution in [0.1, 0.15) is 40.2 Å². The standard InChI is InChI=1S/C31H37Cl2N3O5S2/c1-7-41-23-13-11-22(12-14-23)36(43(39,40)25-17-15-24(42-6)16-18-25)20-29(37)35(21(2)30(38)34-31(3,4)5)19-26-27(32)9-8-10-28(26)33/h8-18,21H,7,19-20H2,1-6H3,(H,34,38). The maximum absolute atomic E-state index is 14.1. The summed E-state index contributed by atoms with van der Waals surface area (Å²) in [5.41, 5.74) is 0.133. The van der Waals surface area contributed by atoms with Gasteiger partial charge in [0, 0.05) is 32.6 Å². The molecule has 0 spiro atoms. The van der Waals surface area contributed by atoms with Crippen molar-refractivity contribution < 1.29 is 22.7 Å². The number of amides is 2. The molecule has 232 valence electrons. The molecule has 12 heteroatoms. The Balaban J connectivity index is 2.08. The number of thioether (sulfide) groups is 1. The molecule has 0 aliphatic rings. The Bertz CT molecular complexity index is 1510. The lowest BCUT2D eigenvalue weighted by molar-refractivity contribution is -0.140. The van der Waals surface area contributed by atoms with Crippen LogP contribution < -0.4 is 14.4 Å². The highest BCUT2D eigenvalue weighted by molar-refractivity contribution is 7.98. The molecule has 0 bridgehead atoms. The second-order valence-electron chi connectivity index (χ2n) is 10.8. The van der Waals surface area contributed by atoms with Gasteiger partial charge < -0.3 is 15.0 Å². The largest absolute Gasteiger partial charge is 0.494 e. The zero-order valence-corrected chi connectivity index (χ0v) is 28.2. The summed E-state index contributed by atoms with van der Waals surface area (Å²) in [5.74, 6) is -0.473. The summed E-state index contributed by atoms with van der Waals surface area (Å²) in [5, 5.41) is 3.53. The summed E-state index contributed by atoms with van der Waals surface area (Å²) >= 11 is 14.4. The number of nitrogens with zero attached hydrogens (tertiary/aromatic N) is 2. The molecule has 0 saturated carbocycles. The molecule has 0 aliphatic carbocycles. The molecule has 8 nitrogen and oxygen atoms in total. The van der Waals surface area contributed by atoms with Gasteiger partial charge in [0.15, 0.2) is 0 Å². The van der Waals surface area contributed by atoms with E-state index in [1.54, 1.807) is 61.5 Å². The van der Waals surface area contributed by atoms with E-state index in [-0.39, 0.29) is 17.1 Å². The van der Waals surface area contributed by atoms with Gasteiger partial charge >= 0.3 is 0 Å². The van der Waals surface area contributed by atoms with E-state index in [0.717, 1.165) is 9.20 Å². The van der Waals surface area contributed by atoms with Gasteiger partial charge in [-0.25, -0.2) is 8.42 Å². The van der Waals surface area contributed by atoms with Gasteiger partial charge in [0.25, 0.3) is 10.0 Å². The quantitative estimate of drug-likeness (QED) is 0.218. The number of benzene rings is 3. The van der Waals surface area contributed by atoms with Crippen molar-refractivity contribution in [2.24, 2.45) is 0 Å². The summed E-state index contributed by atoms with van der Waals surface area (Å²) in [7, 11) is -4.21. The van der Waals surface area contributed by atoms with Crippen molar-refractivity contribution in [1.29, 1.82) is 0 Å². The van der Waals surface area contributed by atoms with Crippen molar-refractivity contribution in [3.63, 3.8) is 0 Å². The summed E-state index contributed by atoms with van der Waals surface area (Å²) < 4.78 is 34.7. The molecule has 0 radical (unpaired) electrons. The van der Waals surface area contributed by atoms with E-state index < -0.39 is 40.0 Å². The van der Waals surface area contributed by atoms with Crippen LogP contribution in [0.15, 0.2) is 76.5 Å². The molecule has 0 aromatic heterocycles. The molecular formula is C31H37Cl2N3O5S2. The fourth-order valence-electron chi connectivity index (χ4n) is 4.19. The zero-order chi connectivity index (χ0) is 31.9. The van der Waals surface area contributed by atoms with Crippen LogP contribution in [0.4, 0.5) is 5.69 Å². The van der Waals surface area contributed by atoms with E-state index in [1.807, 2.05) is 34.0 Å². The number of hydrogen-bond acceptors (Lipinski definition) is 6. The Morgan fingerprint density at radius 1 is 0.977 bits per heavy atom. The third kappa shape index (κ3) is 9.04.